The van der Waals surface area contributed by atoms with E-state index in [1.54, 1.807) is 6.07 Å². The van der Waals surface area contributed by atoms with Gasteiger partial charge in [0, 0.05) is 50.3 Å². The summed E-state index contributed by atoms with van der Waals surface area (Å²) < 4.78 is 14.2. The maximum atomic E-state index is 14.2. The first-order chi connectivity index (χ1) is 13.5. The summed E-state index contributed by atoms with van der Waals surface area (Å²) in [6.45, 7) is 8.80. The highest BCUT2D eigenvalue weighted by Crippen LogP contribution is 2.26. The Morgan fingerprint density at radius 1 is 1.11 bits per heavy atom. The van der Waals surface area contributed by atoms with Gasteiger partial charge in [-0.3, -0.25) is 4.79 Å². The number of carbonyl (C=O) groups is 1. The van der Waals surface area contributed by atoms with Gasteiger partial charge in [0.1, 0.15) is 17.5 Å². The van der Waals surface area contributed by atoms with Gasteiger partial charge in [0.25, 0.3) is 0 Å². The van der Waals surface area contributed by atoms with Gasteiger partial charge in [-0.05, 0) is 31.9 Å². The van der Waals surface area contributed by atoms with Crippen molar-refractivity contribution in [2.45, 2.75) is 46.5 Å². The summed E-state index contributed by atoms with van der Waals surface area (Å²) in [7, 11) is 0. The number of aromatic nitrogens is 2. The van der Waals surface area contributed by atoms with Crippen molar-refractivity contribution in [3.63, 3.8) is 0 Å². The SMILES string of the molecule is CCCCC(=O)N1CCN(c2nc(C)nc(C)c2Cc2ccccc2F)CC1. The van der Waals surface area contributed by atoms with E-state index in [0.717, 1.165) is 43.0 Å². The Bertz CT molecular complexity index is 831. The van der Waals surface area contributed by atoms with Gasteiger partial charge in [-0.1, -0.05) is 31.5 Å². The number of amides is 1. The lowest BCUT2D eigenvalue weighted by atomic mass is 10.0. The van der Waals surface area contributed by atoms with Gasteiger partial charge in [-0.15, -0.1) is 0 Å². The van der Waals surface area contributed by atoms with Crippen LogP contribution in [0.25, 0.3) is 0 Å². The molecule has 0 unspecified atom stereocenters. The Morgan fingerprint density at radius 3 is 2.50 bits per heavy atom. The van der Waals surface area contributed by atoms with Gasteiger partial charge in [0.2, 0.25) is 5.91 Å². The Balaban J connectivity index is 1.79. The fraction of sp³-hybridized carbons (Fsp3) is 0.500. The molecule has 0 saturated carbocycles. The van der Waals surface area contributed by atoms with E-state index in [1.165, 1.54) is 6.07 Å². The molecule has 1 aromatic heterocycles. The van der Waals surface area contributed by atoms with E-state index in [-0.39, 0.29) is 11.7 Å². The second kappa shape index (κ2) is 9.13. The molecule has 6 heteroatoms. The van der Waals surface area contributed by atoms with Gasteiger partial charge in [-0.2, -0.15) is 0 Å². The number of aryl methyl sites for hydroxylation is 2. The summed E-state index contributed by atoms with van der Waals surface area (Å²) in [4.78, 5) is 25.7. The highest BCUT2D eigenvalue weighted by molar-refractivity contribution is 5.76. The summed E-state index contributed by atoms with van der Waals surface area (Å²) in [5, 5.41) is 0. The van der Waals surface area contributed by atoms with Gasteiger partial charge in [0.05, 0.1) is 0 Å². The van der Waals surface area contributed by atoms with Gasteiger partial charge >= 0.3 is 0 Å². The van der Waals surface area contributed by atoms with Crippen molar-refractivity contribution in [3.8, 4) is 0 Å². The molecular weight excluding hydrogens is 355 g/mol. The summed E-state index contributed by atoms with van der Waals surface area (Å²) >= 11 is 0. The first-order valence-corrected chi connectivity index (χ1v) is 10.1. The quantitative estimate of drug-likeness (QED) is 0.763. The molecule has 1 fully saturated rings. The molecule has 0 spiro atoms. The number of benzene rings is 1. The predicted molar refractivity (Wildman–Crippen MR) is 109 cm³/mol. The lowest BCUT2D eigenvalue weighted by Crippen LogP contribution is -2.49. The lowest BCUT2D eigenvalue weighted by molar-refractivity contribution is -0.131. The van der Waals surface area contributed by atoms with Crippen molar-refractivity contribution in [2.75, 3.05) is 31.1 Å². The third-order valence-electron chi connectivity index (χ3n) is 5.31. The minimum Gasteiger partial charge on any atom is -0.353 e. The molecule has 0 aliphatic carbocycles. The fourth-order valence-electron chi connectivity index (χ4n) is 3.67. The molecule has 2 heterocycles. The van der Waals surface area contributed by atoms with E-state index >= 15 is 0 Å². The number of carbonyl (C=O) groups excluding carboxylic acids is 1. The van der Waals surface area contributed by atoms with E-state index in [2.05, 4.69) is 16.8 Å². The zero-order valence-corrected chi connectivity index (χ0v) is 17.0. The van der Waals surface area contributed by atoms with E-state index in [9.17, 15) is 9.18 Å². The van der Waals surface area contributed by atoms with E-state index in [1.807, 2.05) is 30.9 Å². The minimum absolute atomic E-state index is 0.209. The van der Waals surface area contributed by atoms with E-state index in [0.29, 0.717) is 37.3 Å². The molecule has 1 aliphatic heterocycles. The topological polar surface area (TPSA) is 49.3 Å². The zero-order valence-electron chi connectivity index (χ0n) is 17.0. The molecule has 0 bridgehead atoms. The summed E-state index contributed by atoms with van der Waals surface area (Å²) in [5.74, 6) is 1.61. The van der Waals surface area contributed by atoms with Gasteiger partial charge in [-0.25, -0.2) is 14.4 Å². The molecule has 1 aromatic carbocycles. The predicted octanol–water partition coefficient (Wildman–Crippen LogP) is 3.66. The van der Waals surface area contributed by atoms with Crippen LogP contribution < -0.4 is 4.90 Å². The molecule has 0 N–H and O–H groups in total. The molecule has 1 aliphatic rings. The summed E-state index contributed by atoms with van der Waals surface area (Å²) in [6, 6.07) is 6.85. The first-order valence-electron chi connectivity index (χ1n) is 10.1. The molecular formula is C22H29FN4O. The van der Waals surface area contributed by atoms with Crippen LogP contribution in [-0.2, 0) is 11.2 Å². The van der Waals surface area contributed by atoms with Crippen molar-refractivity contribution < 1.29 is 9.18 Å². The van der Waals surface area contributed by atoms with Crippen molar-refractivity contribution >= 4 is 11.7 Å². The summed E-state index contributed by atoms with van der Waals surface area (Å²) in [5.41, 5.74) is 2.49. The van der Waals surface area contributed by atoms with Gasteiger partial charge < -0.3 is 9.80 Å². The second-order valence-corrected chi connectivity index (χ2v) is 7.40. The van der Waals surface area contributed by atoms with E-state index < -0.39 is 0 Å². The van der Waals surface area contributed by atoms with Crippen LogP contribution in [0.3, 0.4) is 0 Å². The Morgan fingerprint density at radius 2 is 1.82 bits per heavy atom. The number of nitrogens with zero attached hydrogens (tertiary/aromatic N) is 4. The van der Waals surface area contributed by atoms with Crippen LogP contribution in [0.5, 0.6) is 0 Å². The van der Waals surface area contributed by atoms with Crippen LogP contribution in [0.2, 0.25) is 0 Å². The zero-order chi connectivity index (χ0) is 20.1. The number of unbranched alkanes of at least 4 members (excludes halogenated alkanes) is 1. The Kier molecular flexibility index (Phi) is 6.60. The maximum absolute atomic E-state index is 14.2. The fourth-order valence-corrected chi connectivity index (χ4v) is 3.67. The van der Waals surface area contributed by atoms with E-state index in [4.69, 9.17) is 4.98 Å². The molecule has 0 atom stereocenters. The molecule has 150 valence electrons. The third-order valence-corrected chi connectivity index (χ3v) is 5.31. The smallest absolute Gasteiger partial charge is 0.222 e. The molecule has 1 amide bonds. The van der Waals surface area contributed by atoms with Gasteiger partial charge in [0.15, 0.2) is 0 Å². The van der Waals surface area contributed by atoms with Crippen molar-refractivity contribution in [3.05, 3.63) is 52.7 Å². The van der Waals surface area contributed by atoms with Crippen molar-refractivity contribution in [2.24, 2.45) is 0 Å². The van der Waals surface area contributed by atoms with Crippen molar-refractivity contribution in [1.29, 1.82) is 0 Å². The number of hydrogen-bond acceptors (Lipinski definition) is 4. The Labute approximate surface area is 166 Å². The van der Waals surface area contributed by atoms with Crippen LogP contribution in [-0.4, -0.2) is 47.0 Å². The van der Waals surface area contributed by atoms with Crippen LogP contribution in [0.1, 0.15) is 48.8 Å². The normalized spacial score (nSPS) is 14.4. The molecule has 5 nitrogen and oxygen atoms in total. The van der Waals surface area contributed by atoms with Crippen LogP contribution >= 0.6 is 0 Å². The second-order valence-electron chi connectivity index (χ2n) is 7.40. The molecule has 2 aromatic rings. The van der Waals surface area contributed by atoms with Crippen molar-refractivity contribution in [1.82, 2.24) is 14.9 Å². The number of piperazine rings is 1. The Hall–Kier alpha value is -2.50. The highest BCUT2D eigenvalue weighted by Gasteiger charge is 2.24. The highest BCUT2D eigenvalue weighted by atomic mass is 19.1. The average molecular weight is 384 g/mol. The minimum atomic E-state index is -0.209. The number of anilines is 1. The molecule has 0 radical (unpaired) electrons. The number of rotatable bonds is 6. The number of halogens is 1. The maximum Gasteiger partial charge on any atom is 0.222 e. The molecule has 3 rings (SSSR count). The monoisotopic (exact) mass is 384 g/mol. The molecule has 1 saturated heterocycles. The third kappa shape index (κ3) is 4.66. The summed E-state index contributed by atoms with van der Waals surface area (Å²) in [6.07, 6.45) is 3.06. The number of hydrogen-bond donors (Lipinski definition) is 0. The standard InChI is InChI=1S/C22H29FN4O/c1-4-5-10-21(28)26-11-13-27(14-12-26)22-19(16(2)24-17(3)25-22)15-18-8-6-7-9-20(18)23/h6-9H,4-5,10-15H2,1-3H3. The average Bonchev–Trinajstić information content (AvgIpc) is 2.69. The van der Waals surface area contributed by atoms with Crippen LogP contribution in [0.4, 0.5) is 10.2 Å². The first kappa shape index (κ1) is 20.2. The lowest BCUT2D eigenvalue weighted by Gasteiger charge is -2.36. The largest absolute Gasteiger partial charge is 0.353 e. The van der Waals surface area contributed by atoms with Crippen LogP contribution in [0, 0.1) is 19.7 Å². The van der Waals surface area contributed by atoms with Crippen LogP contribution in [0.15, 0.2) is 24.3 Å². The molecule has 28 heavy (non-hydrogen) atoms.